The van der Waals surface area contributed by atoms with E-state index in [4.69, 9.17) is 10.00 Å². The van der Waals surface area contributed by atoms with Crippen LogP contribution >= 0.6 is 0 Å². The van der Waals surface area contributed by atoms with Crippen LogP contribution in [0.4, 0.5) is 0 Å². The normalized spacial score (nSPS) is 10.6. The molecule has 0 N–H and O–H groups in total. The van der Waals surface area contributed by atoms with Crippen molar-refractivity contribution in [3.63, 3.8) is 0 Å². The lowest BCUT2D eigenvalue weighted by atomic mass is 10.2. The molecule has 0 radical (unpaired) electrons. The van der Waals surface area contributed by atoms with Gasteiger partial charge >= 0.3 is 0 Å². The van der Waals surface area contributed by atoms with E-state index in [2.05, 4.69) is 16.0 Å². The van der Waals surface area contributed by atoms with Gasteiger partial charge in [-0.15, -0.1) is 0 Å². The SMILES string of the molecule is Cc1ccc(OCc2nc3cc(C)cnc3n2CC#N)cc1. The fourth-order valence-corrected chi connectivity index (χ4v) is 2.29. The fraction of sp³-hybridized carbons (Fsp3) is 0.235. The summed E-state index contributed by atoms with van der Waals surface area (Å²) in [6.45, 7) is 4.52. The van der Waals surface area contributed by atoms with Crippen molar-refractivity contribution in [1.29, 1.82) is 5.26 Å². The van der Waals surface area contributed by atoms with E-state index >= 15 is 0 Å². The summed E-state index contributed by atoms with van der Waals surface area (Å²) in [6, 6.07) is 12.0. The molecule has 0 bridgehead atoms. The van der Waals surface area contributed by atoms with Crippen molar-refractivity contribution in [2.24, 2.45) is 0 Å². The molecule has 5 nitrogen and oxygen atoms in total. The Morgan fingerprint density at radius 1 is 1.18 bits per heavy atom. The number of hydrogen-bond donors (Lipinski definition) is 0. The molecular weight excluding hydrogens is 276 g/mol. The van der Waals surface area contributed by atoms with Gasteiger partial charge in [0.2, 0.25) is 0 Å². The number of imidazole rings is 1. The lowest BCUT2D eigenvalue weighted by molar-refractivity contribution is 0.291. The van der Waals surface area contributed by atoms with Crippen LogP contribution in [0.2, 0.25) is 0 Å². The molecule has 0 fully saturated rings. The molecule has 0 saturated carbocycles. The third-order valence-electron chi connectivity index (χ3n) is 3.42. The van der Waals surface area contributed by atoms with Crippen molar-refractivity contribution in [2.75, 3.05) is 0 Å². The van der Waals surface area contributed by atoms with E-state index in [1.165, 1.54) is 5.56 Å². The molecular formula is C17H16N4O. The number of benzene rings is 1. The number of ether oxygens (including phenoxy) is 1. The van der Waals surface area contributed by atoms with Gasteiger partial charge in [-0.25, -0.2) is 9.97 Å². The number of aryl methyl sites for hydroxylation is 2. The van der Waals surface area contributed by atoms with Crippen LogP contribution in [0.3, 0.4) is 0 Å². The first kappa shape index (κ1) is 14.1. The highest BCUT2D eigenvalue weighted by atomic mass is 16.5. The minimum Gasteiger partial charge on any atom is -0.486 e. The molecule has 1 aromatic carbocycles. The van der Waals surface area contributed by atoms with E-state index in [0.29, 0.717) is 12.4 Å². The molecule has 3 rings (SSSR count). The molecule has 0 saturated heterocycles. The topological polar surface area (TPSA) is 63.7 Å². The minimum absolute atomic E-state index is 0.207. The highest BCUT2D eigenvalue weighted by molar-refractivity contribution is 5.72. The summed E-state index contributed by atoms with van der Waals surface area (Å²) in [4.78, 5) is 8.93. The second kappa shape index (κ2) is 5.86. The van der Waals surface area contributed by atoms with Gasteiger partial charge < -0.3 is 4.74 Å². The quantitative estimate of drug-likeness (QED) is 0.741. The molecule has 0 aliphatic rings. The van der Waals surface area contributed by atoms with Crippen LogP contribution in [-0.2, 0) is 13.2 Å². The zero-order valence-electron chi connectivity index (χ0n) is 12.6. The second-order valence-corrected chi connectivity index (χ2v) is 5.23. The standard InChI is InChI=1S/C17H16N4O/c1-12-3-5-14(6-4-12)22-11-16-20-15-9-13(2)10-19-17(15)21(16)8-7-18/h3-6,9-10H,8,11H2,1-2H3. The number of hydrogen-bond acceptors (Lipinski definition) is 4. The molecule has 5 heteroatoms. The van der Waals surface area contributed by atoms with Crippen LogP contribution in [0.5, 0.6) is 5.75 Å². The van der Waals surface area contributed by atoms with Gasteiger partial charge in [0.1, 0.15) is 30.2 Å². The van der Waals surface area contributed by atoms with Crippen molar-refractivity contribution in [3.8, 4) is 11.8 Å². The van der Waals surface area contributed by atoms with E-state index in [1.807, 2.05) is 44.2 Å². The predicted molar refractivity (Wildman–Crippen MR) is 83.4 cm³/mol. The Bertz CT molecular complexity index is 843. The summed E-state index contributed by atoms with van der Waals surface area (Å²) >= 11 is 0. The number of pyridine rings is 1. The van der Waals surface area contributed by atoms with Gasteiger partial charge in [-0.2, -0.15) is 5.26 Å². The van der Waals surface area contributed by atoms with Crippen molar-refractivity contribution in [1.82, 2.24) is 14.5 Å². The average molecular weight is 292 g/mol. The van der Waals surface area contributed by atoms with E-state index < -0.39 is 0 Å². The zero-order chi connectivity index (χ0) is 15.5. The lowest BCUT2D eigenvalue weighted by Gasteiger charge is -2.07. The largest absolute Gasteiger partial charge is 0.486 e. The molecule has 0 spiro atoms. The molecule has 0 unspecified atom stereocenters. The molecule has 2 heterocycles. The maximum absolute atomic E-state index is 9.03. The van der Waals surface area contributed by atoms with Gasteiger partial charge in [0.15, 0.2) is 5.65 Å². The number of rotatable bonds is 4. The Balaban J connectivity index is 1.90. The van der Waals surface area contributed by atoms with Crippen molar-refractivity contribution < 1.29 is 4.74 Å². The first-order chi connectivity index (χ1) is 10.7. The molecule has 110 valence electrons. The zero-order valence-corrected chi connectivity index (χ0v) is 12.6. The van der Waals surface area contributed by atoms with Crippen LogP contribution < -0.4 is 4.74 Å². The fourth-order valence-electron chi connectivity index (χ4n) is 2.29. The van der Waals surface area contributed by atoms with Crippen LogP contribution in [0.1, 0.15) is 17.0 Å². The molecule has 0 aliphatic heterocycles. The Morgan fingerprint density at radius 3 is 2.68 bits per heavy atom. The maximum atomic E-state index is 9.03. The molecule has 0 aliphatic carbocycles. The number of aromatic nitrogens is 3. The Kier molecular flexibility index (Phi) is 3.75. The van der Waals surface area contributed by atoms with Gasteiger partial charge in [-0.05, 0) is 37.6 Å². The van der Waals surface area contributed by atoms with Gasteiger partial charge in [0, 0.05) is 6.20 Å². The van der Waals surface area contributed by atoms with Gasteiger partial charge in [-0.3, -0.25) is 4.57 Å². The summed E-state index contributed by atoms with van der Waals surface area (Å²) in [5.74, 6) is 1.49. The highest BCUT2D eigenvalue weighted by Gasteiger charge is 2.12. The van der Waals surface area contributed by atoms with Gasteiger partial charge in [0.25, 0.3) is 0 Å². The second-order valence-electron chi connectivity index (χ2n) is 5.23. The number of nitriles is 1. The minimum atomic E-state index is 0.207. The Labute approximate surface area is 128 Å². The third-order valence-corrected chi connectivity index (χ3v) is 3.42. The Morgan fingerprint density at radius 2 is 1.95 bits per heavy atom. The smallest absolute Gasteiger partial charge is 0.161 e. The van der Waals surface area contributed by atoms with E-state index in [-0.39, 0.29) is 6.54 Å². The van der Waals surface area contributed by atoms with Crippen LogP contribution in [-0.4, -0.2) is 14.5 Å². The van der Waals surface area contributed by atoms with Crippen LogP contribution in [0.15, 0.2) is 36.5 Å². The van der Waals surface area contributed by atoms with E-state index in [1.54, 1.807) is 10.8 Å². The molecule has 0 amide bonds. The molecule has 3 aromatic rings. The van der Waals surface area contributed by atoms with Crippen LogP contribution in [0, 0.1) is 25.2 Å². The summed E-state index contributed by atoms with van der Waals surface area (Å²) in [6.07, 6.45) is 1.78. The van der Waals surface area contributed by atoms with Gasteiger partial charge in [-0.1, -0.05) is 17.7 Å². The van der Waals surface area contributed by atoms with Crippen LogP contribution in [0.25, 0.3) is 11.2 Å². The lowest BCUT2D eigenvalue weighted by Crippen LogP contribution is -2.07. The van der Waals surface area contributed by atoms with E-state index in [9.17, 15) is 0 Å². The first-order valence-corrected chi connectivity index (χ1v) is 7.05. The van der Waals surface area contributed by atoms with Crippen molar-refractivity contribution in [2.45, 2.75) is 27.0 Å². The summed E-state index contributed by atoms with van der Waals surface area (Å²) in [5, 5.41) is 9.03. The summed E-state index contributed by atoms with van der Waals surface area (Å²) in [7, 11) is 0. The van der Waals surface area contributed by atoms with Gasteiger partial charge in [0.05, 0.1) is 6.07 Å². The number of nitrogens with zero attached hydrogens (tertiary/aromatic N) is 4. The van der Waals surface area contributed by atoms with E-state index in [0.717, 1.165) is 22.5 Å². The summed E-state index contributed by atoms with van der Waals surface area (Å²) < 4.78 is 7.57. The monoisotopic (exact) mass is 292 g/mol. The van der Waals surface area contributed by atoms with Crippen molar-refractivity contribution in [3.05, 3.63) is 53.5 Å². The number of fused-ring (bicyclic) bond motifs is 1. The molecule has 2 aromatic heterocycles. The maximum Gasteiger partial charge on any atom is 0.161 e. The predicted octanol–water partition coefficient (Wildman–Crippen LogP) is 3.15. The molecule has 22 heavy (non-hydrogen) atoms. The Hall–Kier alpha value is -2.87. The third kappa shape index (κ3) is 2.77. The highest BCUT2D eigenvalue weighted by Crippen LogP contribution is 2.18. The summed E-state index contributed by atoms with van der Waals surface area (Å²) in [5.41, 5.74) is 3.73. The molecule has 0 atom stereocenters. The first-order valence-electron chi connectivity index (χ1n) is 7.05. The van der Waals surface area contributed by atoms with Crippen molar-refractivity contribution >= 4 is 11.2 Å². The average Bonchev–Trinajstić information content (AvgIpc) is 2.84.